The molecule has 0 saturated heterocycles. The molecule has 4 rings (SSSR count). The van der Waals surface area contributed by atoms with Crippen LogP contribution >= 0.6 is 0 Å². The molecule has 28 heavy (non-hydrogen) atoms. The molecule has 0 bridgehead atoms. The van der Waals surface area contributed by atoms with E-state index in [0.29, 0.717) is 5.56 Å². The predicted molar refractivity (Wildman–Crippen MR) is 113 cm³/mol. The molecular formula is C25H26N2O. The zero-order valence-electron chi connectivity index (χ0n) is 16.3. The molecule has 1 amide bonds. The first-order chi connectivity index (χ1) is 13.7. The fraction of sp³-hybridized carbons (Fsp3) is 0.240. The number of fused-ring (bicyclic) bond motifs is 1. The van der Waals surface area contributed by atoms with Crippen molar-refractivity contribution < 1.29 is 4.79 Å². The third-order valence-corrected chi connectivity index (χ3v) is 5.48. The second kappa shape index (κ2) is 8.41. The Morgan fingerprint density at radius 3 is 2.36 bits per heavy atom. The van der Waals surface area contributed by atoms with Crippen LogP contribution in [-0.4, -0.2) is 17.4 Å². The van der Waals surface area contributed by atoms with Crippen LogP contribution in [0, 0.1) is 0 Å². The van der Waals surface area contributed by atoms with E-state index in [0.717, 1.165) is 31.6 Å². The van der Waals surface area contributed by atoms with Gasteiger partial charge in [-0.1, -0.05) is 66.7 Å². The van der Waals surface area contributed by atoms with Gasteiger partial charge in [-0.2, -0.15) is 0 Å². The Morgan fingerprint density at radius 1 is 0.929 bits per heavy atom. The standard InChI is InChI=1S/C25H26N2O/c1-19(21-7-3-2-4-8-21)26-25(28)23-13-11-20(12-14-23)17-27-16-15-22-9-5-6-10-24(22)18-27/h2-14,19H,15-18H2,1H3,(H,26,28)/t19-/m0/s1. The van der Waals surface area contributed by atoms with Crippen molar-refractivity contribution in [2.45, 2.75) is 32.5 Å². The van der Waals surface area contributed by atoms with Crippen molar-refractivity contribution in [2.24, 2.45) is 0 Å². The number of rotatable bonds is 5. The van der Waals surface area contributed by atoms with E-state index < -0.39 is 0 Å². The Balaban J connectivity index is 1.35. The van der Waals surface area contributed by atoms with E-state index in [2.05, 4.69) is 46.6 Å². The van der Waals surface area contributed by atoms with Gasteiger partial charge in [-0.3, -0.25) is 9.69 Å². The highest BCUT2D eigenvalue weighted by molar-refractivity contribution is 5.94. The molecule has 3 aromatic rings. The van der Waals surface area contributed by atoms with Gasteiger partial charge >= 0.3 is 0 Å². The molecule has 0 radical (unpaired) electrons. The first kappa shape index (κ1) is 18.5. The minimum absolute atomic E-state index is 0.0122. The smallest absolute Gasteiger partial charge is 0.251 e. The molecule has 142 valence electrons. The zero-order valence-corrected chi connectivity index (χ0v) is 16.3. The second-order valence-corrected chi connectivity index (χ2v) is 7.53. The number of carbonyl (C=O) groups is 1. The second-order valence-electron chi connectivity index (χ2n) is 7.53. The minimum Gasteiger partial charge on any atom is -0.346 e. The number of carbonyl (C=O) groups excluding carboxylic acids is 1. The highest BCUT2D eigenvalue weighted by Crippen LogP contribution is 2.20. The maximum Gasteiger partial charge on any atom is 0.251 e. The number of nitrogens with one attached hydrogen (secondary N) is 1. The molecule has 3 nitrogen and oxygen atoms in total. The molecule has 0 aliphatic carbocycles. The largest absolute Gasteiger partial charge is 0.346 e. The van der Waals surface area contributed by atoms with Crippen LogP contribution in [0.15, 0.2) is 78.9 Å². The topological polar surface area (TPSA) is 32.3 Å². The first-order valence-electron chi connectivity index (χ1n) is 9.93. The van der Waals surface area contributed by atoms with E-state index in [1.165, 1.54) is 16.7 Å². The van der Waals surface area contributed by atoms with Crippen molar-refractivity contribution in [3.05, 3.63) is 107 Å². The van der Waals surface area contributed by atoms with E-state index in [9.17, 15) is 4.79 Å². The van der Waals surface area contributed by atoms with Crippen LogP contribution in [0.1, 0.15) is 45.6 Å². The predicted octanol–water partition coefficient (Wildman–Crippen LogP) is 4.74. The van der Waals surface area contributed by atoms with Crippen molar-refractivity contribution in [1.82, 2.24) is 10.2 Å². The summed E-state index contributed by atoms with van der Waals surface area (Å²) in [7, 11) is 0. The van der Waals surface area contributed by atoms with Crippen LogP contribution in [0.5, 0.6) is 0 Å². The van der Waals surface area contributed by atoms with Gasteiger partial charge in [0.25, 0.3) is 5.91 Å². The van der Waals surface area contributed by atoms with Gasteiger partial charge in [-0.15, -0.1) is 0 Å². The molecule has 0 unspecified atom stereocenters. The zero-order chi connectivity index (χ0) is 19.3. The van der Waals surface area contributed by atoms with E-state index >= 15 is 0 Å². The quantitative estimate of drug-likeness (QED) is 0.704. The number of hydrogen-bond acceptors (Lipinski definition) is 2. The van der Waals surface area contributed by atoms with Gasteiger partial charge in [0.15, 0.2) is 0 Å². The summed E-state index contributed by atoms with van der Waals surface area (Å²) >= 11 is 0. The van der Waals surface area contributed by atoms with Gasteiger partial charge in [0.1, 0.15) is 0 Å². The lowest BCUT2D eigenvalue weighted by Crippen LogP contribution is -2.30. The number of amides is 1. The molecule has 1 atom stereocenters. The fourth-order valence-corrected chi connectivity index (χ4v) is 3.81. The fourth-order valence-electron chi connectivity index (χ4n) is 3.81. The molecule has 3 aromatic carbocycles. The van der Waals surface area contributed by atoms with Crippen LogP contribution in [0.2, 0.25) is 0 Å². The Hall–Kier alpha value is -2.91. The van der Waals surface area contributed by atoms with Crippen molar-refractivity contribution in [3.8, 4) is 0 Å². The van der Waals surface area contributed by atoms with Gasteiger partial charge < -0.3 is 5.32 Å². The summed E-state index contributed by atoms with van der Waals surface area (Å²) in [4.78, 5) is 15.0. The summed E-state index contributed by atoms with van der Waals surface area (Å²) in [6.45, 7) is 4.99. The lowest BCUT2D eigenvalue weighted by Gasteiger charge is -2.28. The molecule has 1 aliphatic heterocycles. The summed E-state index contributed by atoms with van der Waals surface area (Å²) < 4.78 is 0. The van der Waals surface area contributed by atoms with Gasteiger partial charge in [-0.05, 0) is 47.7 Å². The minimum atomic E-state index is -0.0326. The van der Waals surface area contributed by atoms with Gasteiger partial charge in [0, 0.05) is 25.2 Å². The Labute approximate surface area is 167 Å². The summed E-state index contributed by atoms with van der Waals surface area (Å²) in [6, 6.07) is 26.7. The highest BCUT2D eigenvalue weighted by atomic mass is 16.1. The molecule has 1 aliphatic rings. The molecule has 1 heterocycles. The molecule has 1 N–H and O–H groups in total. The van der Waals surface area contributed by atoms with Crippen molar-refractivity contribution in [1.29, 1.82) is 0 Å². The van der Waals surface area contributed by atoms with Crippen molar-refractivity contribution in [3.63, 3.8) is 0 Å². The lowest BCUT2D eigenvalue weighted by molar-refractivity contribution is 0.0940. The maximum atomic E-state index is 12.5. The third kappa shape index (κ3) is 4.32. The van der Waals surface area contributed by atoms with Gasteiger partial charge in [-0.25, -0.2) is 0 Å². The molecule has 0 saturated carbocycles. The molecule has 0 spiro atoms. The van der Waals surface area contributed by atoms with Gasteiger partial charge in [0.05, 0.1) is 6.04 Å². The Morgan fingerprint density at radius 2 is 1.61 bits per heavy atom. The number of hydrogen-bond donors (Lipinski definition) is 1. The molecule has 0 fully saturated rings. The van der Waals surface area contributed by atoms with Crippen LogP contribution in [0.4, 0.5) is 0 Å². The van der Waals surface area contributed by atoms with Crippen LogP contribution in [0.3, 0.4) is 0 Å². The average molecular weight is 370 g/mol. The summed E-state index contributed by atoms with van der Waals surface area (Å²) in [5.41, 5.74) is 5.96. The van der Waals surface area contributed by atoms with Crippen LogP contribution in [0.25, 0.3) is 0 Å². The highest BCUT2D eigenvalue weighted by Gasteiger charge is 2.16. The third-order valence-electron chi connectivity index (χ3n) is 5.48. The summed E-state index contributed by atoms with van der Waals surface area (Å²) in [5.74, 6) is -0.0326. The van der Waals surface area contributed by atoms with Crippen LogP contribution < -0.4 is 5.32 Å². The van der Waals surface area contributed by atoms with E-state index in [4.69, 9.17) is 0 Å². The summed E-state index contributed by atoms with van der Waals surface area (Å²) in [6.07, 6.45) is 1.11. The molecule has 0 aromatic heterocycles. The monoisotopic (exact) mass is 370 g/mol. The number of nitrogens with zero attached hydrogens (tertiary/aromatic N) is 1. The average Bonchev–Trinajstić information content (AvgIpc) is 2.75. The lowest BCUT2D eigenvalue weighted by atomic mass is 9.99. The van der Waals surface area contributed by atoms with Crippen molar-refractivity contribution >= 4 is 5.91 Å². The van der Waals surface area contributed by atoms with Crippen LogP contribution in [-0.2, 0) is 19.5 Å². The summed E-state index contributed by atoms with van der Waals surface area (Å²) in [5, 5.41) is 3.07. The molecule has 3 heteroatoms. The van der Waals surface area contributed by atoms with E-state index in [1.54, 1.807) is 0 Å². The van der Waals surface area contributed by atoms with E-state index in [-0.39, 0.29) is 11.9 Å². The van der Waals surface area contributed by atoms with E-state index in [1.807, 2.05) is 49.4 Å². The SMILES string of the molecule is C[C@H](NC(=O)c1ccc(CN2CCc3ccccc3C2)cc1)c1ccccc1. The maximum absolute atomic E-state index is 12.5. The Bertz CT molecular complexity index is 934. The first-order valence-corrected chi connectivity index (χ1v) is 9.93. The normalized spacial score (nSPS) is 14.9. The van der Waals surface area contributed by atoms with Crippen molar-refractivity contribution in [2.75, 3.05) is 6.54 Å². The number of benzene rings is 3. The van der Waals surface area contributed by atoms with Gasteiger partial charge in [0.2, 0.25) is 0 Å². The Kier molecular flexibility index (Phi) is 5.54. The molecular weight excluding hydrogens is 344 g/mol.